The van der Waals surface area contributed by atoms with E-state index in [0.717, 1.165) is 37.7 Å². The number of fused-ring (bicyclic) bond motifs is 4. The average Bonchev–Trinajstić information content (AvgIpc) is 3.46. The van der Waals surface area contributed by atoms with Crippen molar-refractivity contribution < 1.29 is 14.3 Å². The maximum absolute atomic E-state index is 13.3. The fourth-order valence-electron chi connectivity index (χ4n) is 4.03. The minimum absolute atomic E-state index is 0.0946. The minimum atomic E-state index is -0.0946. The highest BCUT2D eigenvalue weighted by Gasteiger charge is 2.23. The van der Waals surface area contributed by atoms with E-state index in [2.05, 4.69) is 10.3 Å². The summed E-state index contributed by atoms with van der Waals surface area (Å²) in [5.74, 6) is 1.31. The van der Waals surface area contributed by atoms with Crippen LogP contribution in [-0.4, -0.2) is 17.7 Å². The highest BCUT2D eigenvalue weighted by Crippen LogP contribution is 2.44. The van der Waals surface area contributed by atoms with Crippen molar-refractivity contribution >= 4 is 38.2 Å². The molecule has 0 fully saturated rings. The van der Waals surface area contributed by atoms with Crippen LogP contribution in [-0.2, 0) is 6.54 Å². The van der Waals surface area contributed by atoms with Crippen LogP contribution >= 0.6 is 11.3 Å². The van der Waals surface area contributed by atoms with Crippen molar-refractivity contribution in [3.8, 4) is 22.6 Å². The number of aromatic nitrogens is 1. The largest absolute Gasteiger partial charge is 0.454 e. The molecule has 0 spiro atoms. The molecule has 3 aromatic carbocycles. The van der Waals surface area contributed by atoms with Gasteiger partial charge in [0.15, 0.2) is 11.5 Å². The Morgan fingerprint density at radius 2 is 1.66 bits per heavy atom. The van der Waals surface area contributed by atoms with Gasteiger partial charge in [-0.05, 0) is 17.2 Å². The van der Waals surface area contributed by atoms with E-state index in [1.165, 1.54) is 11.3 Å². The zero-order valence-corrected chi connectivity index (χ0v) is 17.8. The molecule has 0 atom stereocenters. The SMILES string of the molecule is O=C(NCc1ccccc1)c1sc2c(cnc3cc4c(cc32)OCO4)c1-c1ccccc1. The third-order valence-electron chi connectivity index (χ3n) is 5.58. The van der Waals surface area contributed by atoms with Gasteiger partial charge in [-0.3, -0.25) is 9.78 Å². The zero-order valence-electron chi connectivity index (χ0n) is 17.0. The van der Waals surface area contributed by atoms with Crippen LogP contribution in [0.4, 0.5) is 0 Å². The molecule has 0 saturated carbocycles. The van der Waals surface area contributed by atoms with Crippen molar-refractivity contribution in [2.75, 3.05) is 6.79 Å². The summed E-state index contributed by atoms with van der Waals surface area (Å²) in [6.45, 7) is 0.682. The van der Waals surface area contributed by atoms with Crippen molar-refractivity contribution in [3.05, 3.63) is 89.4 Å². The molecule has 1 aliphatic heterocycles. The Morgan fingerprint density at radius 3 is 2.44 bits per heavy atom. The number of carbonyl (C=O) groups is 1. The van der Waals surface area contributed by atoms with Crippen molar-refractivity contribution in [3.63, 3.8) is 0 Å². The molecule has 1 N–H and O–H groups in total. The van der Waals surface area contributed by atoms with E-state index < -0.39 is 0 Å². The number of nitrogens with zero attached hydrogens (tertiary/aromatic N) is 1. The first-order valence-electron chi connectivity index (χ1n) is 10.3. The number of ether oxygens (including phenoxy) is 2. The van der Waals surface area contributed by atoms with E-state index in [1.807, 2.05) is 79.0 Å². The molecule has 6 rings (SSSR count). The number of amides is 1. The van der Waals surface area contributed by atoms with Gasteiger partial charge in [-0.25, -0.2) is 0 Å². The van der Waals surface area contributed by atoms with E-state index in [0.29, 0.717) is 22.9 Å². The number of carbonyl (C=O) groups excluding carboxylic acids is 1. The lowest BCUT2D eigenvalue weighted by Crippen LogP contribution is -2.22. The number of thiophene rings is 1. The Morgan fingerprint density at radius 1 is 0.938 bits per heavy atom. The first-order valence-corrected chi connectivity index (χ1v) is 11.1. The fourth-order valence-corrected chi connectivity index (χ4v) is 5.27. The standard InChI is InChI=1S/C26H18N2O3S/c29-26(28-13-16-7-3-1-4-8-16)25-23(17-9-5-2-6-10-17)19-14-27-20-12-22-21(30-15-31-22)11-18(20)24(19)32-25/h1-12,14H,13,15H2,(H,28,29). The number of rotatable bonds is 4. The number of hydrogen-bond donors (Lipinski definition) is 1. The first kappa shape index (κ1) is 18.8. The van der Waals surface area contributed by atoms with Crippen LogP contribution in [0.25, 0.3) is 32.1 Å². The van der Waals surface area contributed by atoms with Crippen molar-refractivity contribution in [1.29, 1.82) is 0 Å². The molecule has 2 aromatic heterocycles. The van der Waals surface area contributed by atoms with Crippen molar-refractivity contribution in [2.24, 2.45) is 0 Å². The first-order chi connectivity index (χ1) is 15.8. The molecule has 156 valence electrons. The molecular formula is C26H18N2O3S. The summed E-state index contributed by atoms with van der Waals surface area (Å²) in [4.78, 5) is 18.7. The molecule has 32 heavy (non-hydrogen) atoms. The molecule has 1 amide bonds. The van der Waals surface area contributed by atoms with Gasteiger partial charge < -0.3 is 14.8 Å². The molecule has 0 saturated heterocycles. The van der Waals surface area contributed by atoms with E-state index in [-0.39, 0.29) is 12.7 Å². The molecule has 3 heterocycles. The molecule has 0 aliphatic carbocycles. The van der Waals surface area contributed by atoms with Crippen LogP contribution in [0.5, 0.6) is 11.5 Å². The molecule has 6 heteroatoms. The molecule has 0 unspecified atom stereocenters. The van der Waals surface area contributed by atoms with Gasteiger partial charge in [-0.2, -0.15) is 0 Å². The van der Waals surface area contributed by atoms with Gasteiger partial charge >= 0.3 is 0 Å². The molecule has 5 aromatic rings. The third kappa shape index (κ3) is 3.16. The fraction of sp³-hybridized carbons (Fsp3) is 0.0769. The van der Waals surface area contributed by atoms with Gasteiger partial charge in [0, 0.05) is 39.8 Å². The summed E-state index contributed by atoms with van der Waals surface area (Å²) in [5.41, 5.74) is 3.77. The highest BCUT2D eigenvalue weighted by atomic mass is 32.1. The van der Waals surface area contributed by atoms with E-state index in [1.54, 1.807) is 0 Å². The Hall–Kier alpha value is -3.90. The summed E-state index contributed by atoms with van der Waals surface area (Å²) in [5, 5.41) is 4.99. The lowest BCUT2D eigenvalue weighted by molar-refractivity contribution is 0.0955. The van der Waals surface area contributed by atoms with Gasteiger partial charge in [0.05, 0.1) is 5.52 Å². The second-order valence-electron chi connectivity index (χ2n) is 7.56. The number of nitrogens with one attached hydrogen (secondary N) is 1. The molecular weight excluding hydrogens is 420 g/mol. The summed E-state index contributed by atoms with van der Waals surface area (Å²) in [7, 11) is 0. The second-order valence-corrected chi connectivity index (χ2v) is 8.58. The van der Waals surface area contributed by atoms with Gasteiger partial charge in [0.25, 0.3) is 5.91 Å². The van der Waals surface area contributed by atoms with E-state index in [9.17, 15) is 4.79 Å². The average molecular weight is 439 g/mol. The smallest absolute Gasteiger partial charge is 0.262 e. The lowest BCUT2D eigenvalue weighted by Gasteiger charge is -2.07. The second kappa shape index (κ2) is 7.66. The van der Waals surface area contributed by atoms with Crippen LogP contribution < -0.4 is 14.8 Å². The Labute approximate surface area is 188 Å². The van der Waals surface area contributed by atoms with Crippen LogP contribution in [0.3, 0.4) is 0 Å². The van der Waals surface area contributed by atoms with Crippen LogP contribution in [0.2, 0.25) is 0 Å². The number of benzene rings is 3. The molecule has 5 nitrogen and oxygen atoms in total. The lowest BCUT2D eigenvalue weighted by atomic mass is 10.0. The third-order valence-corrected chi connectivity index (χ3v) is 6.82. The molecule has 0 bridgehead atoms. The highest BCUT2D eigenvalue weighted by molar-refractivity contribution is 7.22. The normalized spacial score (nSPS) is 12.4. The predicted molar refractivity (Wildman–Crippen MR) is 126 cm³/mol. The minimum Gasteiger partial charge on any atom is -0.454 e. The maximum atomic E-state index is 13.3. The van der Waals surface area contributed by atoms with Crippen LogP contribution in [0.1, 0.15) is 15.2 Å². The quantitative estimate of drug-likeness (QED) is 0.387. The van der Waals surface area contributed by atoms with Crippen LogP contribution in [0, 0.1) is 0 Å². The van der Waals surface area contributed by atoms with Gasteiger partial charge in [0.1, 0.15) is 4.88 Å². The van der Waals surface area contributed by atoms with E-state index in [4.69, 9.17) is 9.47 Å². The zero-order chi connectivity index (χ0) is 21.5. The summed E-state index contributed by atoms with van der Waals surface area (Å²) < 4.78 is 12.1. The monoisotopic (exact) mass is 438 g/mol. The van der Waals surface area contributed by atoms with Gasteiger partial charge in [0.2, 0.25) is 6.79 Å². The Bertz CT molecular complexity index is 1460. The summed E-state index contributed by atoms with van der Waals surface area (Å²) >= 11 is 1.49. The molecule has 1 aliphatic rings. The number of pyridine rings is 1. The summed E-state index contributed by atoms with van der Waals surface area (Å²) in [6.07, 6.45) is 1.85. The Balaban J connectivity index is 1.51. The molecule has 0 radical (unpaired) electrons. The predicted octanol–water partition coefficient (Wildman–Crippen LogP) is 5.78. The topological polar surface area (TPSA) is 60.5 Å². The van der Waals surface area contributed by atoms with Crippen molar-refractivity contribution in [2.45, 2.75) is 6.54 Å². The Kier molecular flexibility index (Phi) is 4.51. The van der Waals surface area contributed by atoms with Gasteiger partial charge in [-0.1, -0.05) is 60.7 Å². The van der Waals surface area contributed by atoms with Crippen molar-refractivity contribution in [1.82, 2.24) is 10.3 Å². The maximum Gasteiger partial charge on any atom is 0.262 e. The van der Waals surface area contributed by atoms with Gasteiger partial charge in [-0.15, -0.1) is 11.3 Å². The van der Waals surface area contributed by atoms with Crippen LogP contribution in [0.15, 0.2) is 79.0 Å². The summed E-state index contributed by atoms with van der Waals surface area (Å²) in [6, 6.07) is 23.8. The van der Waals surface area contributed by atoms with E-state index >= 15 is 0 Å². The number of hydrogen-bond acceptors (Lipinski definition) is 5.